The number of piperazine rings is 1. The van der Waals surface area contributed by atoms with Crippen LogP contribution in [0.15, 0.2) is 24.3 Å². The lowest BCUT2D eigenvalue weighted by atomic mass is 10.1. The Morgan fingerprint density at radius 2 is 1.88 bits per heavy atom. The molecular formula is C18H25N3O4. The van der Waals surface area contributed by atoms with Crippen molar-refractivity contribution in [3.63, 3.8) is 0 Å². The zero-order chi connectivity index (χ0) is 18.2. The molecule has 0 radical (unpaired) electrons. The molecule has 0 bridgehead atoms. The Kier molecular flexibility index (Phi) is 6.94. The molecule has 0 unspecified atom stereocenters. The number of Topliss-reactive ketones (excluding diaryl/α,β-unsaturated/α-hetero) is 1. The van der Waals surface area contributed by atoms with Gasteiger partial charge in [0.05, 0.1) is 6.61 Å². The van der Waals surface area contributed by atoms with Crippen LogP contribution >= 0.6 is 0 Å². The number of ether oxygens (including phenoxy) is 1. The maximum absolute atomic E-state index is 12.1. The average Bonchev–Trinajstić information content (AvgIpc) is 2.61. The molecule has 1 aliphatic rings. The third kappa shape index (κ3) is 5.86. The largest absolute Gasteiger partial charge is 0.450 e. The minimum absolute atomic E-state index is 0.0319. The predicted octanol–water partition coefficient (Wildman–Crippen LogP) is 1.99. The summed E-state index contributed by atoms with van der Waals surface area (Å²) in [5.74, 6) is -0.121. The number of nitrogens with zero attached hydrogens (tertiary/aromatic N) is 2. The SMILES string of the molecule is CCOC(=O)N1CCN(CCC(=O)Nc2cccc(C(C)=O)c2)CC1. The van der Waals surface area contributed by atoms with E-state index in [0.29, 0.717) is 43.9 Å². The molecule has 1 saturated heterocycles. The fraction of sp³-hybridized carbons (Fsp3) is 0.500. The van der Waals surface area contributed by atoms with Gasteiger partial charge in [-0.15, -0.1) is 0 Å². The van der Waals surface area contributed by atoms with Gasteiger partial charge in [-0.3, -0.25) is 14.5 Å². The summed E-state index contributed by atoms with van der Waals surface area (Å²) >= 11 is 0. The van der Waals surface area contributed by atoms with Crippen molar-refractivity contribution < 1.29 is 19.1 Å². The molecule has 0 saturated carbocycles. The fourth-order valence-corrected chi connectivity index (χ4v) is 2.67. The number of benzene rings is 1. The van der Waals surface area contributed by atoms with Crippen molar-refractivity contribution >= 4 is 23.5 Å². The van der Waals surface area contributed by atoms with Crippen molar-refractivity contribution in [3.05, 3.63) is 29.8 Å². The molecule has 0 aliphatic carbocycles. The van der Waals surface area contributed by atoms with Crippen molar-refractivity contribution in [3.8, 4) is 0 Å². The highest BCUT2D eigenvalue weighted by atomic mass is 16.6. The van der Waals surface area contributed by atoms with Crippen molar-refractivity contribution in [2.75, 3.05) is 44.6 Å². The number of carbonyl (C=O) groups excluding carboxylic acids is 3. The van der Waals surface area contributed by atoms with Crippen LogP contribution in [0.5, 0.6) is 0 Å². The lowest BCUT2D eigenvalue weighted by Crippen LogP contribution is -2.49. The molecule has 7 heteroatoms. The van der Waals surface area contributed by atoms with E-state index in [1.807, 2.05) is 0 Å². The second kappa shape index (κ2) is 9.17. The van der Waals surface area contributed by atoms with Gasteiger partial charge in [-0.25, -0.2) is 4.79 Å². The summed E-state index contributed by atoms with van der Waals surface area (Å²) in [7, 11) is 0. The van der Waals surface area contributed by atoms with Crippen LogP contribution in [0.4, 0.5) is 10.5 Å². The fourth-order valence-electron chi connectivity index (χ4n) is 2.67. The van der Waals surface area contributed by atoms with Crippen molar-refractivity contribution in [1.82, 2.24) is 9.80 Å². The molecule has 0 aromatic heterocycles. The van der Waals surface area contributed by atoms with Gasteiger partial charge < -0.3 is 15.0 Å². The first-order valence-corrected chi connectivity index (χ1v) is 8.54. The molecular weight excluding hydrogens is 322 g/mol. The van der Waals surface area contributed by atoms with Gasteiger partial charge in [0.25, 0.3) is 0 Å². The molecule has 1 aromatic rings. The van der Waals surface area contributed by atoms with Crippen molar-refractivity contribution in [2.24, 2.45) is 0 Å². The topological polar surface area (TPSA) is 79.0 Å². The maximum atomic E-state index is 12.1. The smallest absolute Gasteiger partial charge is 0.409 e. The van der Waals surface area contributed by atoms with E-state index in [9.17, 15) is 14.4 Å². The molecule has 1 aliphatic heterocycles. The van der Waals surface area contributed by atoms with Crippen molar-refractivity contribution in [1.29, 1.82) is 0 Å². The van der Waals surface area contributed by atoms with Gasteiger partial charge in [-0.05, 0) is 26.0 Å². The molecule has 25 heavy (non-hydrogen) atoms. The molecule has 7 nitrogen and oxygen atoms in total. The first-order chi connectivity index (χ1) is 12.0. The van der Waals surface area contributed by atoms with Gasteiger partial charge in [0, 0.05) is 50.4 Å². The first kappa shape index (κ1) is 18.9. The molecule has 0 spiro atoms. The number of anilines is 1. The highest BCUT2D eigenvalue weighted by Gasteiger charge is 2.22. The van der Waals surface area contributed by atoms with Crippen LogP contribution in [0.25, 0.3) is 0 Å². The maximum Gasteiger partial charge on any atom is 0.409 e. The molecule has 1 N–H and O–H groups in total. The number of rotatable bonds is 6. The minimum Gasteiger partial charge on any atom is -0.450 e. The van der Waals surface area contributed by atoms with Crippen LogP contribution < -0.4 is 5.32 Å². The third-order valence-corrected chi connectivity index (χ3v) is 4.11. The summed E-state index contributed by atoms with van der Waals surface area (Å²) in [5.41, 5.74) is 1.21. The molecule has 0 atom stereocenters. The molecule has 1 fully saturated rings. The van der Waals surface area contributed by atoms with Crippen LogP contribution in [-0.2, 0) is 9.53 Å². The van der Waals surface area contributed by atoms with Gasteiger partial charge in [0.1, 0.15) is 0 Å². The molecule has 1 heterocycles. The van der Waals surface area contributed by atoms with E-state index in [4.69, 9.17) is 4.74 Å². The Labute approximate surface area is 147 Å². The summed E-state index contributed by atoms with van der Waals surface area (Å²) in [6.45, 7) is 6.98. The highest BCUT2D eigenvalue weighted by molar-refractivity contribution is 5.97. The van der Waals surface area contributed by atoms with Crippen LogP contribution in [-0.4, -0.2) is 66.9 Å². The average molecular weight is 347 g/mol. The number of hydrogen-bond donors (Lipinski definition) is 1. The van der Waals surface area contributed by atoms with E-state index in [0.717, 1.165) is 13.1 Å². The van der Waals surface area contributed by atoms with E-state index in [1.165, 1.54) is 6.92 Å². The Balaban J connectivity index is 1.73. The first-order valence-electron chi connectivity index (χ1n) is 8.54. The van der Waals surface area contributed by atoms with Crippen molar-refractivity contribution in [2.45, 2.75) is 20.3 Å². The monoisotopic (exact) mass is 347 g/mol. The Bertz CT molecular complexity index is 625. The van der Waals surface area contributed by atoms with E-state index >= 15 is 0 Å². The number of hydrogen-bond acceptors (Lipinski definition) is 5. The number of nitrogens with one attached hydrogen (secondary N) is 1. The van der Waals surface area contributed by atoms with Crippen LogP contribution in [0, 0.1) is 0 Å². The zero-order valence-corrected chi connectivity index (χ0v) is 14.8. The minimum atomic E-state index is -0.273. The van der Waals surface area contributed by atoms with Gasteiger partial charge in [-0.1, -0.05) is 12.1 Å². The Morgan fingerprint density at radius 3 is 2.52 bits per heavy atom. The quantitative estimate of drug-likeness (QED) is 0.796. The van der Waals surface area contributed by atoms with Gasteiger partial charge in [0.2, 0.25) is 5.91 Å². The number of ketones is 1. The van der Waals surface area contributed by atoms with Gasteiger partial charge in [-0.2, -0.15) is 0 Å². The molecule has 136 valence electrons. The zero-order valence-electron chi connectivity index (χ0n) is 14.8. The van der Waals surface area contributed by atoms with E-state index in [-0.39, 0.29) is 17.8 Å². The van der Waals surface area contributed by atoms with E-state index in [1.54, 1.807) is 36.1 Å². The summed E-state index contributed by atoms with van der Waals surface area (Å²) in [4.78, 5) is 39.0. The Morgan fingerprint density at radius 1 is 1.16 bits per heavy atom. The van der Waals surface area contributed by atoms with Crippen LogP contribution in [0.3, 0.4) is 0 Å². The number of amides is 2. The van der Waals surface area contributed by atoms with Crippen LogP contribution in [0.2, 0.25) is 0 Å². The molecule has 2 amide bonds. The standard InChI is InChI=1S/C18H25N3O4/c1-3-25-18(24)21-11-9-20(10-12-21)8-7-17(23)19-16-6-4-5-15(13-16)14(2)22/h4-6,13H,3,7-12H2,1-2H3,(H,19,23). The summed E-state index contributed by atoms with van der Waals surface area (Å²) < 4.78 is 4.99. The van der Waals surface area contributed by atoms with Gasteiger partial charge >= 0.3 is 6.09 Å². The predicted molar refractivity (Wildman–Crippen MR) is 94.7 cm³/mol. The summed E-state index contributed by atoms with van der Waals surface area (Å²) in [5, 5.41) is 2.82. The second-order valence-electron chi connectivity index (χ2n) is 5.96. The lowest BCUT2D eigenvalue weighted by Gasteiger charge is -2.33. The number of carbonyl (C=O) groups is 3. The summed E-state index contributed by atoms with van der Waals surface area (Å²) in [6, 6.07) is 6.92. The van der Waals surface area contributed by atoms with Gasteiger partial charge in [0.15, 0.2) is 5.78 Å². The third-order valence-electron chi connectivity index (χ3n) is 4.11. The summed E-state index contributed by atoms with van der Waals surface area (Å²) in [6.07, 6.45) is 0.0919. The second-order valence-corrected chi connectivity index (χ2v) is 5.96. The highest BCUT2D eigenvalue weighted by Crippen LogP contribution is 2.12. The normalized spacial score (nSPS) is 14.9. The molecule has 2 rings (SSSR count). The Hall–Kier alpha value is -2.41. The van der Waals surface area contributed by atoms with E-state index in [2.05, 4.69) is 10.2 Å². The lowest BCUT2D eigenvalue weighted by molar-refractivity contribution is -0.116. The molecule has 1 aromatic carbocycles. The van der Waals surface area contributed by atoms with E-state index < -0.39 is 0 Å². The van der Waals surface area contributed by atoms with Crippen LogP contribution in [0.1, 0.15) is 30.6 Å².